The Labute approximate surface area is 73.5 Å². The van der Waals surface area contributed by atoms with E-state index >= 15 is 0 Å². The Morgan fingerprint density at radius 3 is 2.73 bits per heavy atom. The maximum absolute atomic E-state index is 10.9. The number of nitrogens with zero attached hydrogens (tertiary/aromatic N) is 2. The number of Topliss-reactive ketones (excluding diaryl/α,β-unsaturated/α-hetero) is 1. The quantitative estimate of drug-likeness (QED) is 0.708. The van der Waals surface area contributed by atoms with Crippen LogP contribution in [0.25, 0.3) is 0 Å². The molecule has 1 aromatic heterocycles. The zero-order valence-electron chi connectivity index (χ0n) is 6.47. The molecule has 0 aliphatic heterocycles. The second-order valence-corrected chi connectivity index (χ2v) is 3.09. The molecule has 0 saturated heterocycles. The van der Waals surface area contributed by atoms with Crippen LogP contribution < -0.4 is 0 Å². The summed E-state index contributed by atoms with van der Waals surface area (Å²) in [5.41, 5.74) is 0.506. The molecule has 0 spiro atoms. The monoisotopic (exact) mass is 216 g/mol. The molecule has 60 valence electrons. The molecule has 0 unspecified atom stereocenters. The summed E-state index contributed by atoms with van der Waals surface area (Å²) in [6.07, 6.45) is 1.80. The number of hydrogen-bond acceptors (Lipinski definition) is 2. The van der Waals surface area contributed by atoms with Crippen molar-refractivity contribution in [3.8, 4) is 0 Å². The van der Waals surface area contributed by atoms with Gasteiger partial charge in [0.05, 0.1) is 4.47 Å². The highest BCUT2D eigenvalue weighted by molar-refractivity contribution is 9.10. The van der Waals surface area contributed by atoms with E-state index in [9.17, 15) is 4.79 Å². The lowest BCUT2D eigenvalue weighted by Crippen LogP contribution is -1.98. The van der Waals surface area contributed by atoms with Crippen LogP contribution in [0.5, 0.6) is 0 Å². The first-order valence-corrected chi connectivity index (χ1v) is 4.18. The summed E-state index contributed by atoms with van der Waals surface area (Å²) in [5.74, 6) is -0.0101. The molecule has 1 aromatic rings. The second-order valence-electron chi connectivity index (χ2n) is 2.24. The molecule has 0 amide bonds. The first kappa shape index (κ1) is 8.46. The van der Waals surface area contributed by atoms with Crippen LogP contribution in [0.3, 0.4) is 0 Å². The predicted molar refractivity (Wildman–Crippen MR) is 45.6 cm³/mol. The van der Waals surface area contributed by atoms with Crippen molar-refractivity contribution in [3.63, 3.8) is 0 Å². The predicted octanol–water partition coefficient (Wildman–Crippen LogP) is 1.87. The van der Waals surface area contributed by atoms with Gasteiger partial charge in [-0.15, -0.1) is 0 Å². The smallest absolute Gasteiger partial charge is 0.181 e. The lowest BCUT2D eigenvalue weighted by molar-refractivity contribution is 0.101. The van der Waals surface area contributed by atoms with Crippen molar-refractivity contribution in [1.82, 2.24) is 9.78 Å². The van der Waals surface area contributed by atoms with Crippen molar-refractivity contribution in [2.45, 2.75) is 20.4 Å². The van der Waals surface area contributed by atoms with Crippen LogP contribution in [-0.4, -0.2) is 15.6 Å². The van der Waals surface area contributed by atoms with Crippen molar-refractivity contribution in [1.29, 1.82) is 0 Å². The molecule has 0 fully saturated rings. The summed E-state index contributed by atoms with van der Waals surface area (Å²) in [6.45, 7) is 4.27. The fraction of sp³-hybridized carbons (Fsp3) is 0.429. The topological polar surface area (TPSA) is 34.9 Å². The van der Waals surface area contributed by atoms with E-state index < -0.39 is 0 Å². The van der Waals surface area contributed by atoms with E-state index in [1.807, 2.05) is 6.92 Å². The summed E-state index contributed by atoms with van der Waals surface area (Å²) in [6, 6.07) is 0. The summed E-state index contributed by atoms with van der Waals surface area (Å²) >= 11 is 3.25. The molecule has 4 heteroatoms. The number of carbonyl (C=O) groups excluding carboxylic acids is 1. The molecule has 0 bridgehead atoms. The third-order valence-electron chi connectivity index (χ3n) is 1.37. The summed E-state index contributed by atoms with van der Waals surface area (Å²) < 4.78 is 2.49. The Morgan fingerprint density at radius 1 is 1.82 bits per heavy atom. The van der Waals surface area contributed by atoms with Crippen LogP contribution >= 0.6 is 15.9 Å². The highest BCUT2D eigenvalue weighted by Gasteiger charge is 2.09. The Hall–Kier alpha value is -0.640. The van der Waals surface area contributed by atoms with Gasteiger partial charge in [-0.3, -0.25) is 9.48 Å². The Bertz CT molecular complexity index is 280. The van der Waals surface area contributed by atoms with E-state index in [-0.39, 0.29) is 5.78 Å². The Balaban J connectivity index is 3.07. The van der Waals surface area contributed by atoms with Gasteiger partial charge >= 0.3 is 0 Å². The summed E-state index contributed by atoms with van der Waals surface area (Å²) in [5, 5.41) is 4.05. The number of rotatable bonds is 2. The molecule has 0 aromatic carbocycles. The largest absolute Gasteiger partial charge is 0.293 e. The van der Waals surface area contributed by atoms with Gasteiger partial charge in [-0.05, 0) is 22.9 Å². The van der Waals surface area contributed by atoms with Gasteiger partial charge in [-0.25, -0.2) is 0 Å². The average molecular weight is 217 g/mol. The van der Waals surface area contributed by atoms with Gasteiger partial charge in [0, 0.05) is 19.7 Å². The van der Waals surface area contributed by atoms with Gasteiger partial charge in [-0.2, -0.15) is 5.10 Å². The van der Waals surface area contributed by atoms with Gasteiger partial charge in [0.15, 0.2) is 5.78 Å². The molecule has 0 N–H and O–H groups in total. The van der Waals surface area contributed by atoms with E-state index in [1.54, 1.807) is 10.9 Å². The van der Waals surface area contributed by atoms with Crippen LogP contribution in [0.15, 0.2) is 10.7 Å². The van der Waals surface area contributed by atoms with E-state index in [0.29, 0.717) is 5.69 Å². The first-order valence-electron chi connectivity index (χ1n) is 3.39. The number of ketones is 1. The lowest BCUT2D eigenvalue weighted by Gasteiger charge is -1.90. The van der Waals surface area contributed by atoms with Crippen LogP contribution in [0.4, 0.5) is 0 Å². The van der Waals surface area contributed by atoms with E-state index in [1.165, 1.54) is 6.92 Å². The minimum Gasteiger partial charge on any atom is -0.293 e. The molecule has 0 atom stereocenters. The van der Waals surface area contributed by atoms with E-state index in [4.69, 9.17) is 0 Å². The van der Waals surface area contributed by atoms with Crippen LogP contribution in [0.2, 0.25) is 0 Å². The first-order chi connectivity index (χ1) is 5.15. The van der Waals surface area contributed by atoms with Gasteiger partial charge in [-0.1, -0.05) is 0 Å². The SMILES string of the molecule is CCn1cc(Br)c(C(C)=O)n1. The Morgan fingerprint density at radius 2 is 2.45 bits per heavy atom. The maximum Gasteiger partial charge on any atom is 0.181 e. The summed E-state index contributed by atoms with van der Waals surface area (Å²) in [7, 11) is 0. The minimum atomic E-state index is -0.0101. The zero-order valence-corrected chi connectivity index (χ0v) is 8.05. The fourth-order valence-corrected chi connectivity index (χ4v) is 1.39. The van der Waals surface area contributed by atoms with Gasteiger partial charge in [0.25, 0.3) is 0 Å². The normalized spacial score (nSPS) is 10.1. The van der Waals surface area contributed by atoms with E-state index in [0.717, 1.165) is 11.0 Å². The molecular weight excluding hydrogens is 208 g/mol. The molecule has 1 heterocycles. The number of aryl methyl sites for hydroxylation is 1. The third kappa shape index (κ3) is 1.68. The molecule has 0 saturated carbocycles. The fourth-order valence-electron chi connectivity index (χ4n) is 0.798. The molecular formula is C7H9BrN2O. The van der Waals surface area contributed by atoms with Gasteiger partial charge < -0.3 is 0 Å². The highest BCUT2D eigenvalue weighted by atomic mass is 79.9. The number of carbonyl (C=O) groups is 1. The van der Waals surface area contributed by atoms with Crippen LogP contribution in [-0.2, 0) is 6.54 Å². The minimum absolute atomic E-state index is 0.0101. The van der Waals surface area contributed by atoms with Crippen molar-refractivity contribution < 1.29 is 4.79 Å². The van der Waals surface area contributed by atoms with Gasteiger partial charge in [0.2, 0.25) is 0 Å². The standard InChI is InChI=1S/C7H9BrN2O/c1-3-10-4-6(8)7(9-10)5(2)11/h4H,3H2,1-2H3. The molecule has 0 radical (unpaired) electrons. The number of halogens is 1. The van der Waals surface area contributed by atoms with E-state index in [2.05, 4.69) is 21.0 Å². The highest BCUT2D eigenvalue weighted by Crippen LogP contribution is 2.14. The van der Waals surface area contributed by atoms with Gasteiger partial charge in [0.1, 0.15) is 5.69 Å². The zero-order chi connectivity index (χ0) is 8.43. The molecule has 0 aliphatic rings. The van der Waals surface area contributed by atoms with Crippen LogP contribution in [0.1, 0.15) is 24.3 Å². The van der Waals surface area contributed by atoms with Crippen LogP contribution in [0, 0.1) is 0 Å². The van der Waals surface area contributed by atoms with Crippen molar-refractivity contribution in [2.75, 3.05) is 0 Å². The summed E-state index contributed by atoms with van der Waals surface area (Å²) in [4.78, 5) is 10.9. The molecule has 11 heavy (non-hydrogen) atoms. The average Bonchev–Trinajstić information content (AvgIpc) is 2.30. The second kappa shape index (κ2) is 3.17. The molecule has 3 nitrogen and oxygen atoms in total. The number of hydrogen-bond donors (Lipinski definition) is 0. The molecule has 0 aliphatic carbocycles. The number of aromatic nitrogens is 2. The van der Waals surface area contributed by atoms with Crippen molar-refractivity contribution >= 4 is 21.7 Å². The Kier molecular flexibility index (Phi) is 2.44. The maximum atomic E-state index is 10.9. The molecule has 1 rings (SSSR count). The lowest BCUT2D eigenvalue weighted by atomic mass is 10.3. The van der Waals surface area contributed by atoms with Crippen molar-refractivity contribution in [2.24, 2.45) is 0 Å². The third-order valence-corrected chi connectivity index (χ3v) is 1.95. The van der Waals surface area contributed by atoms with Crippen molar-refractivity contribution in [3.05, 3.63) is 16.4 Å².